The molecule has 2 aliphatic carbocycles. The molecule has 1 heterocycles. The molecule has 5 rings (SSSR count). The van der Waals surface area contributed by atoms with Crippen molar-refractivity contribution in [3.05, 3.63) is 77.4 Å². The number of amides is 4. The van der Waals surface area contributed by atoms with Gasteiger partial charge in [-0.05, 0) is 49.3 Å². The highest BCUT2D eigenvalue weighted by atomic mass is 16.2. The molecule has 3 aliphatic rings. The molecule has 0 radical (unpaired) electrons. The largest absolute Gasteiger partial charge is 0.320 e. The Morgan fingerprint density at radius 3 is 2.28 bits per heavy atom. The van der Waals surface area contributed by atoms with Crippen LogP contribution in [0.15, 0.2) is 60.7 Å². The highest BCUT2D eigenvalue weighted by molar-refractivity contribution is 6.07. The van der Waals surface area contributed by atoms with Crippen molar-refractivity contribution < 1.29 is 14.4 Å². The van der Waals surface area contributed by atoms with Gasteiger partial charge in [0.25, 0.3) is 0 Å². The maximum absolute atomic E-state index is 13.3. The lowest BCUT2D eigenvalue weighted by molar-refractivity contribution is -0.143. The highest BCUT2D eigenvalue weighted by Crippen LogP contribution is 2.52. The van der Waals surface area contributed by atoms with E-state index in [0.717, 1.165) is 23.1 Å². The number of nitrogens with one attached hydrogen (secondary N) is 2. The van der Waals surface area contributed by atoms with Crippen LogP contribution in [0.5, 0.6) is 0 Å². The quantitative estimate of drug-likeness (QED) is 0.561. The molecule has 5 unspecified atom stereocenters. The minimum absolute atomic E-state index is 0.132. The minimum Gasteiger partial charge on any atom is -0.317 e. The van der Waals surface area contributed by atoms with Gasteiger partial charge in [0.2, 0.25) is 11.8 Å². The van der Waals surface area contributed by atoms with Crippen LogP contribution in [0.4, 0.5) is 10.5 Å². The second kappa shape index (κ2) is 7.93. The minimum atomic E-state index is -0.742. The van der Waals surface area contributed by atoms with E-state index in [1.807, 2.05) is 62.4 Å². The summed E-state index contributed by atoms with van der Waals surface area (Å²) in [6.07, 6.45) is 4.65. The smallest absolute Gasteiger partial charge is 0.317 e. The first-order valence-electron chi connectivity index (χ1n) is 11.2. The van der Waals surface area contributed by atoms with Crippen LogP contribution < -0.4 is 10.6 Å². The Kier molecular flexibility index (Phi) is 5.08. The van der Waals surface area contributed by atoms with Crippen molar-refractivity contribution in [3.8, 4) is 0 Å². The van der Waals surface area contributed by atoms with Crippen LogP contribution in [0.3, 0.4) is 0 Å². The van der Waals surface area contributed by atoms with E-state index < -0.39 is 12.2 Å². The van der Waals surface area contributed by atoms with Crippen LogP contribution in [0.1, 0.15) is 23.1 Å². The molecular formula is C26H27N3O3. The average molecular weight is 430 g/mol. The molecule has 0 spiro atoms. The molecule has 2 aromatic rings. The molecule has 2 bridgehead atoms. The van der Waals surface area contributed by atoms with Gasteiger partial charge in [0, 0.05) is 12.1 Å². The monoisotopic (exact) mass is 429 g/mol. The lowest BCUT2D eigenvalue weighted by atomic mass is 9.85. The van der Waals surface area contributed by atoms with E-state index in [1.54, 1.807) is 0 Å². The van der Waals surface area contributed by atoms with Crippen molar-refractivity contribution in [1.82, 2.24) is 10.2 Å². The predicted molar refractivity (Wildman–Crippen MR) is 122 cm³/mol. The first kappa shape index (κ1) is 20.5. The summed E-state index contributed by atoms with van der Waals surface area (Å²) >= 11 is 0. The fourth-order valence-corrected chi connectivity index (χ4v) is 5.54. The molecule has 6 heteroatoms. The number of benzene rings is 2. The van der Waals surface area contributed by atoms with E-state index >= 15 is 0 Å². The average Bonchev–Trinajstić information content (AvgIpc) is 3.44. The Balaban J connectivity index is 1.39. The van der Waals surface area contributed by atoms with Gasteiger partial charge in [0.1, 0.15) is 6.17 Å². The van der Waals surface area contributed by atoms with E-state index in [-0.39, 0.29) is 35.5 Å². The van der Waals surface area contributed by atoms with E-state index in [4.69, 9.17) is 0 Å². The number of aryl methyl sites for hydroxylation is 2. The molecule has 5 atom stereocenters. The standard InChI is InChI=1S/C26H27N3O3/c1-15-8-11-20(16(2)12-15)27-26(32)28-21(13-17-6-4-3-5-7-17)29-24(30)22-18-9-10-19(14-18)23(22)25(29)31/h3-12,18-19,21-23H,13-14H2,1-2H3,(H2,27,28,32). The molecular weight excluding hydrogens is 402 g/mol. The Labute approximate surface area is 187 Å². The van der Waals surface area contributed by atoms with Crippen molar-refractivity contribution in [2.75, 3.05) is 5.32 Å². The van der Waals surface area contributed by atoms with Gasteiger partial charge in [-0.1, -0.05) is 60.2 Å². The van der Waals surface area contributed by atoms with Gasteiger partial charge in [-0.15, -0.1) is 0 Å². The van der Waals surface area contributed by atoms with Crippen molar-refractivity contribution >= 4 is 23.5 Å². The van der Waals surface area contributed by atoms with E-state index in [0.29, 0.717) is 12.1 Å². The van der Waals surface area contributed by atoms with Gasteiger partial charge in [-0.3, -0.25) is 14.5 Å². The molecule has 0 aromatic heterocycles. The van der Waals surface area contributed by atoms with Crippen LogP contribution in [0.2, 0.25) is 0 Å². The lowest BCUT2D eigenvalue weighted by Crippen LogP contribution is -2.54. The first-order chi connectivity index (χ1) is 15.4. The van der Waals surface area contributed by atoms with Crippen molar-refractivity contribution in [1.29, 1.82) is 0 Å². The molecule has 32 heavy (non-hydrogen) atoms. The van der Waals surface area contributed by atoms with Crippen LogP contribution in [0, 0.1) is 37.5 Å². The lowest BCUT2D eigenvalue weighted by Gasteiger charge is -2.29. The molecule has 2 fully saturated rings. The zero-order valence-electron chi connectivity index (χ0n) is 18.2. The van der Waals surface area contributed by atoms with Gasteiger partial charge in [0.15, 0.2) is 0 Å². The van der Waals surface area contributed by atoms with Crippen LogP contribution in [0.25, 0.3) is 0 Å². The molecule has 4 amide bonds. The molecule has 164 valence electrons. The van der Waals surface area contributed by atoms with E-state index in [9.17, 15) is 14.4 Å². The second-order valence-electron chi connectivity index (χ2n) is 9.17. The summed E-state index contributed by atoms with van der Waals surface area (Å²) in [6, 6.07) is 15.0. The number of nitrogens with zero attached hydrogens (tertiary/aromatic N) is 1. The molecule has 1 saturated carbocycles. The van der Waals surface area contributed by atoms with Crippen LogP contribution in [-0.4, -0.2) is 28.9 Å². The predicted octanol–water partition coefficient (Wildman–Crippen LogP) is 3.80. The van der Waals surface area contributed by atoms with Gasteiger partial charge in [0.05, 0.1) is 11.8 Å². The number of rotatable bonds is 5. The Bertz CT molecular complexity index is 1080. The topological polar surface area (TPSA) is 78.5 Å². The zero-order chi connectivity index (χ0) is 22.4. The fourth-order valence-electron chi connectivity index (χ4n) is 5.54. The number of anilines is 1. The Hall–Kier alpha value is -3.41. The third-order valence-corrected chi connectivity index (χ3v) is 7.02. The van der Waals surface area contributed by atoms with Gasteiger partial charge >= 0.3 is 6.03 Å². The normalized spacial score (nSPS) is 26.4. The molecule has 1 saturated heterocycles. The molecule has 2 N–H and O–H groups in total. The SMILES string of the molecule is Cc1ccc(NC(=O)NC(Cc2ccccc2)N2C(=O)C3C4C=CC(C4)C3C2=O)c(C)c1. The summed E-state index contributed by atoms with van der Waals surface area (Å²) in [7, 11) is 0. The third-order valence-electron chi connectivity index (χ3n) is 7.02. The number of imide groups is 1. The zero-order valence-corrected chi connectivity index (χ0v) is 18.2. The molecule has 2 aromatic carbocycles. The molecule has 1 aliphatic heterocycles. The fraction of sp³-hybridized carbons (Fsp3) is 0.346. The van der Waals surface area contributed by atoms with Crippen molar-refractivity contribution in [2.24, 2.45) is 23.7 Å². The second-order valence-corrected chi connectivity index (χ2v) is 9.17. The maximum atomic E-state index is 13.3. The number of carbonyl (C=O) groups excluding carboxylic acids is 3. The summed E-state index contributed by atoms with van der Waals surface area (Å²) in [5.41, 5.74) is 3.71. The van der Waals surface area contributed by atoms with Crippen molar-refractivity contribution in [3.63, 3.8) is 0 Å². The summed E-state index contributed by atoms with van der Waals surface area (Å²) in [4.78, 5) is 40.9. The number of hydrogen-bond donors (Lipinski definition) is 2. The summed E-state index contributed by atoms with van der Waals surface area (Å²) in [5.74, 6) is -0.644. The summed E-state index contributed by atoms with van der Waals surface area (Å²) in [5, 5.41) is 5.79. The number of urea groups is 1. The number of hydrogen-bond acceptors (Lipinski definition) is 3. The Morgan fingerprint density at radius 2 is 1.66 bits per heavy atom. The van der Waals surface area contributed by atoms with E-state index in [1.165, 1.54) is 4.90 Å². The van der Waals surface area contributed by atoms with Gasteiger partial charge in [-0.2, -0.15) is 0 Å². The highest BCUT2D eigenvalue weighted by Gasteiger charge is 2.60. The Morgan fingerprint density at radius 1 is 1.00 bits per heavy atom. The number of likely N-dealkylation sites (tertiary alicyclic amines) is 1. The summed E-state index contributed by atoms with van der Waals surface area (Å²) < 4.78 is 0. The van der Waals surface area contributed by atoms with Gasteiger partial charge in [-0.25, -0.2) is 4.79 Å². The van der Waals surface area contributed by atoms with Crippen LogP contribution in [-0.2, 0) is 16.0 Å². The van der Waals surface area contributed by atoms with E-state index in [2.05, 4.69) is 22.8 Å². The number of allylic oxidation sites excluding steroid dienone is 2. The maximum Gasteiger partial charge on any atom is 0.320 e. The third kappa shape index (κ3) is 3.49. The van der Waals surface area contributed by atoms with Gasteiger partial charge < -0.3 is 10.6 Å². The molecule has 6 nitrogen and oxygen atoms in total. The first-order valence-corrected chi connectivity index (χ1v) is 11.2. The van der Waals surface area contributed by atoms with Crippen molar-refractivity contribution in [2.45, 2.75) is 32.9 Å². The van der Waals surface area contributed by atoms with Crippen LogP contribution >= 0.6 is 0 Å². The number of carbonyl (C=O) groups is 3. The summed E-state index contributed by atoms with van der Waals surface area (Å²) in [6.45, 7) is 3.93. The number of fused-ring (bicyclic) bond motifs is 5.